The van der Waals surface area contributed by atoms with Crippen molar-refractivity contribution in [2.75, 3.05) is 7.05 Å². The minimum Gasteiger partial charge on any atom is -0.481 e. The molecular formula is C15H18FNO3. The van der Waals surface area contributed by atoms with Gasteiger partial charge in [-0.2, -0.15) is 0 Å². The monoisotopic (exact) mass is 279 g/mol. The summed E-state index contributed by atoms with van der Waals surface area (Å²) in [4.78, 5) is 24.9. The third-order valence-electron chi connectivity index (χ3n) is 3.89. The van der Waals surface area contributed by atoms with E-state index in [0.29, 0.717) is 18.4 Å². The summed E-state index contributed by atoms with van der Waals surface area (Å²) in [7, 11) is 1.59. The van der Waals surface area contributed by atoms with Crippen LogP contribution in [-0.4, -0.2) is 28.9 Å². The second kappa shape index (κ2) is 6.03. The molecule has 0 spiro atoms. The van der Waals surface area contributed by atoms with Crippen LogP contribution in [0, 0.1) is 17.7 Å². The second-order valence-electron chi connectivity index (χ2n) is 5.27. The Bertz CT molecular complexity index is 518. The van der Waals surface area contributed by atoms with Gasteiger partial charge in [0, 0.05) is 19.2 Å². The first-order valence-electron chi connectivity index (χ1n) is 6.72. The van der Waals surface area contributed by atoms with Crippen molar-refractivity contribution in [1.29, 1.82) is 0 Å². The molecule has 0 aliphatic heterocycles. The van der Waals surface area contributed by atoms with Gasteiger partial charge in [0.1, 0.15) is 5.82 Å². The Balaban J connectivity index is 2.05. The van der Waals surface area contributed by atoms with E-state index < -0.39 is 17.8 Å². The van der Waals surface area contributed by atoms with E-state index in [1.165, 1.54) is 11.0 Å². The first-order valence-corrected chi connectivity index (χ1v) is 6.72. The molecule has 0 bridgehead atoms. The van der Waals surface area contributed by atoms with Crippen LogP contribution in [0.2, 0.25) is 0 Å². The first-order chi connectivity index (χ1) is 9.50. The summed E-state index contributed by atoms with van der Waals surface area (Å²) in [6.07, 6.45) is 1.89. The van der Waals surface area contributed by atoms with Gasteiger partial charge in [-0.15, -0.1) is 0 Å². The van der Waals surface area contributed by atoms with E-state index >= 15 is 0 Å². The predicted molar refractivity (Wildman–Crippen MR) is 71.3 cm³/mol. The zero-order chi connectivity index (χ0) is 14.7. The molecule has 4 nitrogen and oxygen atoms in total. The summed E-state index contributed by atoms with van der Waals surface area (Å²) >= 11 is 0. The fraction of sp³-hybridized carbons (Fsp3) is 0.467. The molecule has 1 fully saturated rings. The SMILES string of the molecule is CN(Cc1ccccc1F)C(=O)[C@@H]1CCC[C@@H]1C(=O)O. The number of amides is 1. The highest BCUT2D eigenvalue weighted by atomic mass is 19.1. The lowest BCUT2D eigenvalue weighted by Gasteiger charge is -2.23. The van der Waals surface area contributed by atoms with Crippen molar-refractivity contribution in [2.24, 2.45) is 11.8 Å². The average Bonchev–Trinajstić information content (AvgIpc) is 2.89. The fourth-order valence-corrected chi connectivity index (χ4v) is 2.79. The van der Waals surface area contributed by atoms with Gasteiger partial charge in [-0.25, -0.2) is 4.39 Å². The van der Waals surface area contributed by atoms with Crippen LogP contribution in [0.15, 0.2) is 24.3 Å². The first kappa shape index (κ1) is 14.5. The molecule has 108 valence electrons. The van der Waals surface area contributed by atoms with E-state index in [1.807, 2.05) is 0 Å². The van der Waals surface area contributed by atoms with E-state index in [-0.39, 0.29) is 18.3 Å². The number of benzene rings is 1. The molecule has 2 rings (SSSR count). The Morgan fingerprint density at radius 2 is 1.95 bits per heavy atom. The topological polar surface area (TPSA) is 57.6 Å². The highest BCUT2D eigenvalue weighted by molar-refractivity contribution is 5.85. The number of halogens is 1. The smallest absolute Gasteiger partial charge is 0.307 e. The number of carbonyl (C=O) groups is 2. The lowest BCUT2D eigenvalue weighted by molar-refractivity contribution is -0.148. The zero-order valence-corrected chi connectivity index (χ0v) is 11.4. The minimum atomic E-state index is -0.917. The molecule has 1 aliphatic carbocycles. The molecule has 2 atom stereocenters. The maximum atomic E-state index is 13.6. The number of hydrogen-bond acceptors (Lipinski definition) is 2. The fourth-order valence-electron chi connectivity index (χ4n) is 2.79. The van der Waals surface area contributed by atoms with E-state index in [0.717, 1.165) is 6.42 Å². The summed E-state index contributed by atoms with van der Waals surface area (Å²) < 4.78 is 13.6. The van der Waals surface area contributed by atoms with E-state index in [1.54, 1.807) is 25.2 Å². The molecule has 5 heteroatoms. The number of carboxylic acids is 1. The van der Waals surface area contributed by atoms with Crippen LogP contribution >= 0.6 is 0 Å². The average molecular weight is 279 g/mol. The van der Waals surface area contributed by atoms with Crippen LogP contribution in [0.3, 0.4) is 0 Å². The van der Waals surface area contributed by atoms with Gasteiger partial charge in [0.15, 0.2) is 0 Å². The molecule has 1 N–H and O–H groups in total. The molecular weight excluding hydrogens is 261 g/mol. The van der Waals surface area contributed by atoms with Crippen molar-refractivity contribution in [1.82, 2.24) is 4.90 Å². The normalized spacial score (nSPS) is 21.7. The van der Waals surface area contributed by atoms with Crippen LogP contribution in [0.5, 0.6) is 0 Å². The van der Waals surface area contributed by atoms with Gasteiger partial charge in [-0.1, -0.05) is 24.6 Å². The largest absolute Gasteiger partial charge is 0.481 e. The molecule has 1 aromatic carbocycles. The molecule has 1 amide bonds. The van der Waals surface area contributed by atoms with Gasteiger partial charge in [0.05, 0.1) is 11.8 Å². The summed E-state index contributed by atoms with van der Waals surface area (Å²) in [6, 6.07) is 6.29. The highest BCUT2D eigenvalue weighted by Gasteiger charge is 2.39. The predicted octanol–water partition coefficient (Wildman–Crippen LogP) is 2.29. The number of rotatable bonds is 4. The van der Waals surface area contributed by atoms with Crippen molar-refractivity contribution >= 4 is 11.9 Å². The maximum absolute atomic E-state index is 13.6. The van der Waals surface area contributed by atoms with Gasteiger partial charge in [-0.05, 0) is 18.9 Å². The van der Waals surface area contributed by atoms with E-state index in [4.69, 9.17) is 5.11 Å². The highest BCUT2D eigenvalue weighted by Crippen LogP contribution is 2.33. The third-order valence-corrected chi connectivity index (χ3v) is 3.89. The Kier molecular flexibility index (Phi) is 4.37. The number of carbonyl (C=O) groups excluding carboxylic acids is 1. The molecule has 0 saturated heterocycles. The van der Waals surface area contributed by atoms with Crippen molar-refractivity contribution in [3.8, 4) is 0 Å². The summed E-state index contributed by atoms with van der Waals surface area (Å²) in [5, 5.41) is 9.12. The zero-order valence-electron chi connectivity index (χ0n) is 11.4. The molecule has 0 unspecified atom stereocenters. The molecule has 0 heterocycles. The molecule has 0 aromatic heterocycles. The van der Waals surface area contributed by atoms with Crippen molar-refractivity contribution in [2.45, 2.75) is 25.8 Å². The van der Waals surface area contributed by atoms with E-state index in [2.05, 4.69) is 0 Å². The summed E-state index contributed by atoms with van der Waals surface area (Å²) in [6.45, 7) is 0.161. The lowest BCUT2D eigenvalue weighted by atomic mass is 9.94. The van der Waals surface area contributed by atoms with E-state index in [9.17, 15) is 14.0 Å². The van der Waals surface area contributed by atoms with Crippen molar-refractivity contribution in [3.63, 3.8) is 0 Å². The quantitative estimate of drug-likeness (QED) is 0.920. The molecule has 0 radical (unpaired) electrons. The molecule has 1 aromatic rings. The standard InChI is InChI=1S/C15H18FNO3/c1-17(9-10-5-2-3-8-13(10)16)14(18)11-6-4-7-12(11)15(19)20/h2-3,5,8,11-12H,4,6-7,9H2,1H3,(H,19,20)/t11-,12+/m1/s1. The van der Waals surface area contributed by atoms with Gasteiger partial charge in [-0.3, -0.25) is 9.59 Å². The Labute approximate surface area is 117 Å². The van der Waals surface area contributed by atoms with Crippen LogP contribution in [-0.2, 0) is 16.1 Å². The summed E-state index contributed by atoms with van der Waals surface area (Å²) in [5.74, 6) is -2.57. The minimum absolute atomic E-state index is 0.161. The molecule has 1 saturated carbocycles. The third kappa shape index (κ3) is 2.98. The van der Waals surface area contributed by atoms with Crippen molar-refractivity contribution < 1.29 is 19.1 Å². The van der Waals surface area contributed by atoms with Crippen LogP contribution in [0.1, 0.15) is 24.8 Å². The maximum Gasteiger partial charge on any atom is 0.307 e. The lowest BCUT2D eigenvalue weighted by Crippen LogP contribution is -2.36. The second-order valence-corrected chi connectivity index (χ2v) is 5.27. The van der Waals surface area contributed by atoms with Crippen LogP contribution in [0.25, 0.3) is 0 Å². The number of carboxylic acid groups (broad SMARTS) is 1. The Morgan fingerprint density at radius 3 is 2.60 bits per heavy atom. The van der Waals surface area contributed by atoms with Gasteiger partial charge >= 0.3 is 5.97 Å². The Morgan fingerprint density at radius 1 is 1.30 bits per heavy atom. The van der Waals surface area contributed by atoms with Crippen LogP contribution < -0.4 is 0 Å². The van der Waals surface area contributed by atoms with Crippen LogP contribution in [0.4, 0.5) is 4.39 Å². The van der Waals surface area contributed by atoms with Gasteiger partial charge in [0.25, 0.3) is 0 Å². The molecule has 20 heavy (non-hydrogen) atoms. The van der Waals surface area contributed by atoms with Gasteiger partial charge < -0.3 is 10.0 Å². The number of nitrogens with zero attached hydrogens (tertiary/aromatic N) is 1. The number of aliphatic carboxylic acids is 1. The van der Waals surface area contributed by atoms with Crippen molar-refractivity contribution in [3.05, 3.63) is 35.6 Å². The summed E-state index contributed by atoms with van der Waals surface area (Å²) in [5.41, 5.74) is 0.438. The number of hydrogen-bond donors (Lipinski definition) is 1. The Hall–Kier alpha value is -1.91. The van der Waals surface area contributed by atoms with Gasteiger partial charge in [0.2, 0.25) is 5.91 Å². The molecule has 1 aliphatic rings.